The molecular weight excluding hydrogens is 320 g/mol. The summed E-state index contributed by atoms with van der Waals surface area (Å²) in [6, 6.07) is -0.270. The molecule has 8 nitrogen and oxygen atoms in total. The first-order valence-electron chi connectivity index (χ1n) is 8.16. The van der Waals surface area contributed by atoms with Gasteiger partial charge in [0.25, 0.3) is 0 Å². The first-order valence-corrected chi connectivity index (χ1v) is 10.1. The fourth-order valence-corrected chi connectivity index (χ4v) is 3.88. The second-order valence-electron chi connectivity index (χ2n) is 6.44. The highest BCUT2D eigenvalue weighted by Gasteiger charge is 2.26. The summed E-state index contributed by atoms with van der Waals surface area (Å²) >= 11 is 0. The third kappa shape index (κ3) is 6.62. The third-order valence-electron chi connectivity index (χ3n) is 4.09. The lowest BCUT2D eigenvalue weighted by Gasteiger charge is -2.34. The topological polar surface area (TPSA) is 91.0 Å². The lowest BCUT2D eigenvalue weighted by Crippen LogP contribution is -2.54. The number of amides is 2. The number of rotatable bonds is 5. The molecule has 2 aliphatic heterocycles. The van der Waals surface area contributed by atoms with Crippen molar-refractivity contribution in [2.24, 2.45) is 0 Å². The maximum absolute atomic E-state index is 12.4. The van der Waals surface area contributed by atoms with Gasteiger partial charge in [-0.15, -0.1) is 0 Å². The number of sulfonamides is 1. The molecule has 2 aliphatic rings. The molecule has 2 atom stereocenters. The number of carbonyl (C=O) groups excluding carboxylic acids is 1. The lowest BCUT2D eigenvalue weighted by molar-refractivity contribution is 0.0345. The number of nitrogens with one attached hydrogen (secondary N) is 2. The molecule has 2 rings (SSSR count). The average molecular weight is 348 g/mol. The van der Waals surface area contributed by atoms with Gasteiger partial charge in [0.15, 0.2) is 0 Å². The maximum Gasteiger partial charge on any atom is 0.317 e. The van der Waals surface area contributed by atoms with Crippen molar-refractivity contribution >= 4 is 16.1 Å². The van der Waals surface area contributed by atoms with Crippen LogP contribution in [0.4, 0.5) is 4.79 Å². The molecule has 2 saturated heterocycles. The van der Waals surface area contributed by atoms with Gasteiger partial charge in [0.05, 0.1) is 19.5 Å². The Labute approximate surface area is 138 Å². The number of carbonyl (C=O) groups is 1. The van der Waals surface area contributed by atoms with Crippen molar-refractivity contribution in [2.45, 2.75) is 31.8 Å². The highest BCUT2D eigenvalue weighted by Crippen LogP contribution is 2.11. The van der Waals surface area contributed by atoms with Crippen LogP contribution in [0.2, 0.25) is 0 Å². The van der Waals surface area contributed by atoms with Gasteiger partial charge in [-0.2, -0.15) is 0 Å². The molecule has 0 aromatic rings. The Kier molecular flexibility index (Phi) is 6.63. The summed E-state index contributed by atoms with van der Waals surface area (Å²) in [5.41, 5.74) is 0. The van der Waals surface area contributed by atoms with Gasteiger partial charge in [0.1, 0.15) is 0 Å². The average Bonchev–Trinajstić information content (AvgIpc) is 2.46. The molecular formula is C14H28N4O4S. The van der Waals surface area contributed by atoms with E-state index in [9.17, 15) is 13.2 Å². The predicted molar refractivity (Wildman–Crippen MR) is 87.8 cm³/mol. The first kappa shape index (κ1) is 18.4. The maximum atomic E-state index is 12.4. The Morgan fingerprint density at radius 2 is 2.00 bits per heavy atom. The van der Waals surface area contributed by atoms with Gasteiger partial charge in [-0.05, 0) is 19.8 Å². The number of hydrogen-bond donors (Lipinski definition) is 2. The Hall–Kier alpha value is -0.900. The van der Waals surface area contributed by atoms with Crippen molar-refractivity contribution in [3.63, 3.8) is 0 Å². The molecule has 2 amide bonds. The predicted octanol–water partition coefficient (Wildman–Crippen LogP) is -0.570. The normalized spacial score (nSPS) is 25.1. The molecule has 0 radical (unpaired) electrons. The van der Waals surface area contributed by atoms with Crippen LogP contribution < -0.4 is 10.0 Å². The summed E-state index contributed by atoms with van der Waals surface area (Å²) in [6.07, 6.45) is 2.72. The van der Waals surface area contributed by atoms with E-state index in [1.807, 2.05) is 6.92 Å². The number of morpholine rings is 1. The molecule has 2 N–H and O–H groups in total. The minimum absolute atomic E-state index is 0.0452. The summed E-state index contributed by atoms with van der Waals surface area (Å²) in [7, 11) is -3.24. The van der Waals surface area contributed by atoms with Crippen molar-refractivity contribution < 1.29 is 17.9 Å². The van der Waals surface area contributed by atoms with E-state index < -0.39 is 10.0 Å². The smallest absolute Gasteiger partial charge is 0.317 e. The zero-order valence-corrected chi connectivity index (χ0v) is 14.8. The van der Waals surface area contributed by atoms with E-state index in [-0.39, 0.29) is 18.1 Å². The molecule has 2 heterocycles. The number of ether oxygens (including phenoxy) is 1. The van der Waals surface area contributed by atoms with Crippen molar-refractivity contribution in [3.05, 3.63) is 0 Å². The summed E-state index contributed by atoms with van der Waals surface area (Å²) in [4.78, 5) is 16.3. The van der Waals surface area contributed by atoms with Crippen LogP contribution in [0.15, 0.2) is 0 Å². The molecule has 0 aromatic carbocycles. The molecule has 2 fully saturated rings. The van der Waals surface area contributed by atoms with Crippen molar-refractivity contribution in [1.82, 2.24) is 19.8 Å². The van der Waals surface area contributed by atoms with Crippen LogP contribution in [-0.4, -0.2) is 88.5 Å². The fourth-order valence-electron chi connectivity index (χ4n) is 3.08. The van der Waals surface area contributed by atoms with E-state index in [1.54, 1.807) is 4.90 Å². The number of likely N-dealkylation sites (tertiary alicyclic amines) is 1. The van der Waals surface area contributed by atoms with E-state index in [0.29, 0.717) is 13.1 Å². The zero-order valence-electron chi connectivity index (χ0n) is 14.0. The minimum atomic E-state index is -3.24. The second kappa shape index (κ2) is 8.27. The van der Waals surface area contributed by atoms with Gasteiger partial charge in [-0.3, -0.25) is 4.90 Å². The quantitative estimate of drug-likeness (QED) is 0.694. The van der Waals surface area contributed by atoms with Crippen molar-refractivity contribution in [2.75, 3.05) is 52.2 Å². The minimum Gasteiger partial charge on any atom is -0.379 e. The summed E-state index contributed by atoms with van der Waals surface area (Å²) in [5, 5.41) is 3.01. The van der Waals surface area contributed by atoms with Gasteiger partial charge in [0.2, 0.25) is 10.0 Å². The van der Waals surface area contributed by atoms with Gasteiger partial charge >= 0.3 is 6.03 Å². The standard InChI is InChI=1S/C14H28N4O4S/c1-12(10-17-6-8-22-9-7-17)15-14(19)18-5-3-4-13(11-18)16-23(2,20)21/h12-13,16H,3-11H2,1-2H3,(H,15,19)/t12-,13+/m0/s1. The van der Waals surface area contributed by atoms with Gasteiger partial charge in [0, 0.05) is 44.8 Å². The third-order valence-corrected chi connectivity index (χ3v) is 4.86. The van der Waals surface area contributed by atoms with Crippen LogP contribution in [0, 0.1) is 0 Å². The van der Waals surface area contributed by atoms with Crippen LogP contribution in [0.5, 0.6) is 0 Å². The molecule has 0 unspecified atom stereocenters. The second-order valence-corrected chi connectivity index (χ2v) is 8.22. The lowest BCUT2D eigenvalue weighted by atomic mass is 10.1. The highest BCUT2D eigenvalue weighted by atomic mass is 32.2. The van der Waals surface area contributed by atoms with Crippen LogP contribution in [0.25, 0.3) is 0 Å². The van der Waals surface area contributed by atoms with Crippen LogP contribution in [0.3, 0.4) is 0 Å². The van der Waals surface area contributed by atoms with E-state index in [2.05, 4.69) is 14.9 Å². The fraction of sp³-hybridized carbons (Fsp3) is 0.929. The van der Waals surface area contributed by atoms with Gasteiger partial charge in [-0.1, -0.05) is 0 Å². The summed E-state index contributed by atoms with van der Waals surface area (Å²) < 4.78 is 30.6. The molecule has 134 valence electrons. The first-order chi connectivity index (χ1) is 10.8. The Balaban J connectivity index is 1.77. The number of hydrogen-bond acceptors (Lipinski definition) is 5. The van der Waals surface area contributed by atoms with Crippen molar-refractivity contribution in [1.29, 1.82) is 0 Å². The van der Waals surface area contributed by atoms with Crippen LogP contribution in [0.1, 0.15) is 19.8 Å². The van der Waals surface area contributed by atoms with Gasteiger partial charge < -0.3 is 15.0 Å². The molecule has 0 aliphatic carbocycles. The van der Waals surface area contributed by atoms with Crippen LogP contribution in [-0.2, 0) is 14.8 Å². The monoisotopic (exact) mass is 348 g/mol. The number of urea groups is 1. The number of nitrogens with zero attached hydrogens (tertiary/aromatic N) is 2. The number of piperidine rings is 1. The molecule has 23 heavy (non-hydrogen) atoms. The SMILES string of the molecule is C[C@@H](CN1CCOCC1)NC(=O)N1CCC[C@@H](NS(C)(=O)=O)C1. The van der Waals surface area contributed by atoms with E-state index >= 15 is 0 Å². The van der Waals surface area contributed by atoms with E-state index in [4.69, 9.17) is 4.74 Å². The van der Waals surface area contributed by atoms with E-state index in [0.717, 1.165) is 51.9 Å². The molecule has 0 bridgehead atoms. The highest BCUT2D eigenvalue weighted by molar-refractivity contribution is 7.88. The molecule has 0 saturated carbocycles. The summed E-state index contributed by atoms with van der Waals surface area (Å²) in [5.74, 6) is 0. The van der Waals surface area contributed by atoms with Crippen LogP contribution >= 0.6 is 0 Å². The Morgan fingerprint density at radius 3 is 2.65 bits per heavy atom. The molecule has 9 heteroatoms. The Bertz CT molecular complexity index is 493. The molecule has 0 spiro atoms. The zero-order chi connectivity index (χ0) is 16.9. The molecule has 0 aromatic heterocycles. The largest absolute Gasteiger partial charge is 0.379 e. The van der Waals surface area contributed by atoms with Crippen molar-refractivity contribution in [3.8, 4) is 0 Å². The Morgan fingerprint density at radius 1 is 1.30 bits per heavy atom. The van der Waals surface area contributed by atoms with E-state index in [1.165, 1.54) is 0 Å². The summed E-state index contributed by atoms with van der Waals surface area (Å²) in [6.45, 7) is 7.14. The van der Waals surface area contributed by atoms with Gasteiger partial charge in [-0.25, -0.2) is 17.9 Å².